The van der Waals surface area contributed by atoms with E-state index in [2.05, 4.69) is 0 Å². The molecule has 2 aliphatic heterocycles. The molecule has 1 amide bonds. The van der Waals surface area contributed by atoms with E-state index in [1.807, 2.05) is 0 Å². The van der Waals surface area contributed by atoms with Crippen molar-refractivity contribution in [3.8, 4) is 0 Å². The normalized spacial score (nSPS) is 31.7. The SMILES string of the molecule is CC(C)(C)OC(=O)N1CC[C@@H]2OC(C)(C)O[C@]2(C(=O)O)C1. The Kier molecular flexibility index (Phi) is 3.70. The van der Waals surface area contributed by atoms with Gasteiger partial charge in [0.1, 0.15) is 11.7 Å². The zero-order valence-electron chi connectivity index (χ0n) is 13.1. The summed E-state index contributed by atoms with van der Waals surface area (Å²) in [5.74, 6) is -2.10. The van der Waals surface area contributed by atoms with Crippen LogP contribution in [0.2, 0.25) is 0 Å². The number of ether oxygens (including phenoxy) is 3. The number of carboxylic acids is 1. The van der Waals surface area contributed by atoms with Gasteiger partial charge in [0.05, 0.1) is 6.54 Å². The van der Waals surface area contributed by atoms with Crippen molar-refractivity contribution in [1.29, 1.82) is 0 Å². The van der Waals surface area contributed by atoms with Gasteiger partial charge < -0.3 is 24.2 Å². The molecule has 1 N–H and O–H groups in total. The van der Waals surface area contributed by atoms with Gasteiger partial charge in [0.2, 0.25) is 5.60 Å². The molecule has 21 heavy (non-hydrogen) atoms. The first kappa shape index (κ1) is 16.0. The van der Waals surface area contributed by atoms with E-state index in [1.54, 1.807) is 34.6 Å². The van der Waals surface area contributed by atoms with Crippen molar-refractivity contribution in [2.45, 2.75) is 64.1 Å². The van der Waals surface area contributed by atoms with Crippen molar-refractivity contribution in [3.63, 3.8) is 0 Å². The number of aliphatic carboxylic acids is 1. The van der Waals surface area contributed by atoms with E-state index in [-0.39, 0.29) is 6.54 Å². The molecule has 2 atom stereocenters. The lowest BCUT2D eigenvalue weighted by molar-refractivity contribution is -0.187. The van der Waals surface area contributed by atoms with Crippen LogP contribution in [0.1, 0.15) is 41.0 Å². The summed E-state index contributed by atoms with van der Waals surface area (Å²) in [5, 5.41) is 9.58. The third kappa shape index (κ3) is 3.13. The van der Waals surface area contributed by atoms with Crippen LogP contribution in [-0.4, -0.2) is 58.3 Å². The maximum absolute atomic E-state index is 12.1. The number of carbonyl (C=O) groups excluding carboxylic acids is 1. The number of hydrogen-bond acceptors (Lipinski definition) is 5. The minimum Gasteiger partial charge on any atom is -0.479 e. The maximum atomic E-state index is 12.1. The number of fused-ring (bicyclic) bond motifs is 1. The maximum Gasteiger partial charge on any atom is 0.410 e. The highest BCUT2D eigenvalue weighted by Crippen LogP contribution is 2.41. The Morgan fingerprint density at radius 2 is 1.95 bits per heavy atom. The molecule has 120 valence electrons. The lowest BCUT2D eigenvalue weighted by Gasteiger charge is -2.39. The Balaban J connectivity index is 2.18. The minimum atomic E-state index is -1.53. The van der Waals surface area contributed by atoms with Crippen molar-refractivity contribution in [2.24, 2.45) is 0 Å². The standard InChI is InChI=1S/C14H23NO6/c1-12(2,3)20-11(18)15-7-6-9-14(8-15,10(16)17)21-13(4,5)19-9/h9H,6-8H2,1-5H3,(H,16,17)/t9-,14+/m0/s1. The summed E-state index contributed by atoms with van der Waals surface area (Å²) >= 11 is 0. The lowest BCUT2D eigenvalue weighted by atomic mass is 9.90. The van der Waals surface area contributed by atoms with Crippen LogP contribution in [0.3, 0.4) is 0 Å². The van der Waals surface area contributed by atoms with E-state index in [0.29, 0.717) is 13.0 Å². The number of hydrogen-bond donors (Lipinski definition) is 1. The molecule has 0 bridgehead atoms. The molecule has 0 unspecified atom stereocenters. The third-order valence-electron chi connectivity index (χ3n) is 3.47. The number of rotatable bonds is 1. The van der Waals surface area contributed by atoms with Crippen LogP contribution < -0.4 is 0 Å². The number of likely N-dealkylation sites (tertiary alicyclic amines) is 1. The summed E-state index contributed by atoms with van der Waals surface area (Å²) in [4.78, 5) is 25.2. The fourth-order valence-corrected chi connectivity index (χ4v) is 2.76. The van der Waals surface area contributed by atoms with Crippen molar-refractivity contribution in [1.82, 2.24) is 4.90 Å². The summed E-state index contributed by atoms with van der Waals surface area (Å²) in [7, 11) is 0. The molecular formula is C14H23NO6. The van der Waals surface area contributed by atoms with Crippen molar-refractivity contribution >= 4 is 12.1 Å². The molecule has 0 radical (unpaired) electrons. The topological polar surface area (TPSA) is 85.3 Å². The molecule has 0 aromatic heterocycles. The number of carbonyl (C=O) groups is 2. The Hall–Kier alpha value is -1.34. The van der Waals surface area contributed by atoms with Crippen LogP contribution in [0.4, 0.5) is 4.79 Å². The Labute approximate surface area is 124 Å². The van der Waals surface area contributed by atoms with Gasteiger partial charge in [0.15, 0.2) is 5.79 Å². The molecule has 7 nitrogen and oxygen atoms in total. The average molecular weight is 301 g/mol. The molecule has 0 spiro atoms. The fraction of sp³-hybridized carbons (Fsp3) is 0.857. The Morgan fingerprint density at radius 3 is 2.48 bits per heavy atom. The first-order valence-corrected chi connectivity index (χ1v) is 7.04. The van der Waals surface area contributed by atoms with Crippen LogP contribution in [0, 0.1) is 0 Å². The van der Waals surface area contributed by atoms with Gasteiger partial charge >= 0.3 is 12.1 Å². The molecule has 2 heterocycles. The molecule has 2 fully saturated rings. The van der Waals surface area contributed by atoms with Gasteiger partial charge in [-0.15, -0.1) is 0 Å². The zero-order chi connectivity index (χ0) is 16.1. The fourth-order valence-electron chi connectivity index (χ4n) is 2.76. The van der Waals surface area contributed by atoms with E-state index in [4.69, 9.17) is 14.2 Å². The monoisotopic (exact) mass is 301 g/mol. The molecular weight excluding hydrogens is 278 g/mol. The van der Waals surface area contributed by atoms with Crippen LogP contribution in [0.15, 0.2) is 0 Å². The van der Waals surface area contributed by atoms with Gasteiger partial charge in [-0.1, -0.05) is 0 Å². The summed E-state index contributed by atoms with van der Waals surface area (Å²) in [6.07, 6.45) is -0.701. The van der Waals surface area contributed by atoms with Crippen LogP contribution in [0.5, 0.6) is 0 Å². The summed E-state index contributed by atoms with van der Waals surface area (Å²) in [6, 6.07) is 0. The molecule has 2 rings (SSSR count). The van der Waals surface area contributed by atoms with Gasteiger partial charge in [-0.05, 0) is 41.0 Å². The summed E-state index contributed by atoms with van der Waals surface area (Å²) < 4.78 is 16.6. The summed E-state index contributed by atoms with van der Waals surface area (Å²) in [5.41, 5.74) is -2.16. The van der Waals surface area contributed by atoms with Gasteiger partial charge in [0, 0.05) is 6.54 Å². The average Bonchev–Trinajstić information content (AvgIpc) is 2.56. The molecule has 2 aliphatic rings. The highest BCUT2D eigenvalue weighted by atomic mass is 16.8. The van der Waals surface area contributed by atoms with E-state index in [1.165, 1.54) is 4.90 Å². The van der Waals surface area contributed by atoms with Crippen LogP contribution in [-0.2, 0) is 19.0 Å². The minimum absolute atomic E-state index is 0.0780. The molecule has 0 aromatic carbocycles. The van der Waals surface area contributed by atoms with E-state index in [9.17, 15) is 14.7 Å². The van der Waals surface area contributed by atoms with Gasteiger partial charge in [-0.2, -0.15) is 0 Å². The smallest absolute Gasteiger partial charge is 0.410 e. The lowest BCUT2D eigenvalue weighted by Crippen LogP contribution is -2.61. The molecule has 0 aromatic rings. The van der Waals surface area contributed by atoms with E-state index >= 15 is 0 Å². The van der Waals surface area contributed by atoms with E-state index in [0.717, 1.165) is 0 Å². The number of amides is 1. The van der Waals surface area contributed by atoms with Gasteiger partial charge in [-0.25, -0.2) is 9.59 Å². The van der Waals surface area contributed by atoms with E-state index < -0.39 is 35.2 Å². The Bertz CT molecular complexity index is 455. The van der Waals surface area contributed by atoms with Crippen LogP contribution in [0.25, 0.3) is 0 Å². The molecule has 7 heteroatoms. The predicted molar refractivity (Wildman–Crippen MR) is 72.8 cm³/mol. The zero-order valence-corrected chi connectivity index (χ0v) is 13.1. The van der Waals surface area contributed by atoms with Crippen LogP contribution >= 0.6 is 0 Å². The first-order chi connectivity index (χ1) is 9.45. The second-order valence-electron chi connectivity index (χ2n) is 6.99. The summed E-state index contributed by atoms with van der Waals surface area (Å²) in [6.45, 7) is 8.95. The number of carboxylic acid groups (broad SMARTS) is 1. The number of piperidine rings is 1. The van der Waals surface area contributed by atoms with Gasteiger partial charge in [-0.3, -0.25) is 0 Å². The van der Waals surface area contributed by atoms with Crippen molar-refractivity contribution in [2.75, 3.05) is 13.1 Å². The Morgan fingerprint density at radius 1 is 1.33 bits per heavy atom. The molecule has 2 saturated heterocycles. The first-order valence-electron chi connectivity index (χ1n) is 7.04. The van der Waals surface area contributed by atoms with Crippen molar-refractivity contribution < 1.29 is 28.9 Å². The quantitative estimate of drug-likeness (QED) is 0.792. The van der Waals surface area contributed by atoms with Crippen molar-refractivity contribution in [3.05, 3.63) is 0 Å². The van der Waals surface area contributed by atoms with Gasteiger partial charge in [0.25, 0.3) is 0 Å². The second kappa shape index (κ2) is 4.84. The predicted octanol–water partition coefficient (Wildman–Crippen LogP) is 1.60. The molecule has 0 aliphatic carbocycles. The highest BCUT2D eigenvalue weighted by Gasteiger charge is 2.61. The second-order valence-corrected chi connectivity index (χ2v) is 6.99. The molecule has 0 saturated carbocycles. The third-order valence-corrected chi connectivity index (χ3v) is 3.47. The highest BCUT2D eigenvalue weighted by molar-refractivity contribution is 5.81. The number of nitrogens with zero attached hydrogens (tertiary/aromatic N) is 1. The largest absolute Gasteiger partial charge is 0.479 e.